The van der Waals surface area contributed by atoms with Crippen LogP contribution in [0.25, 0.3) is 43.6 Å². The minimum atomic E-state index is -3.61. The van der Waals surface area contributed by atoms with Crippen molar-refractivity contribution in [3.05, 3.63) is 153 Å². The van der Waals surface area contributed by atoms with Crippen LogP contribution in [0, 0.1) is 20.2 Å². The first-order valence-electron chi connectivity index (χ1n) is 22.2. The van der Waals surface area contributed by atoms with Crippen molar-refractivity contribution in [2.45, 2.75) is 74.2 Å². The van der Waals surface area contributed by atoms with E-state index >= 15 is 0 Å². The molecule has 0 aliphatic heterocycles. The first kappa shape index (κ1) is 47.1. The van der Waals surface area contributed by atoms with Crippen molar-refractivity contribution >= 4 is 98.5 Å². The largest absolute Gasteiger partial charge is 0.340 e. The van der Waals surface area contributed by atoms with E-state index in [9.17, 15) is 37.1 Å². The van der Waals surface area contributed by atoms with Crippen LogP contribution in [0.3, 0.4) is 0 Å². The summed E-state index contributed by atoms with van der Waals surface area (Å²) in [5, 5.41) is 36.2. The van der Waals surface area contributed by atoms with Crippen molar-refractivity contribution in [2.75, 3.05) is 23.4 Å². The summed E-state index contributed by atoms with van der Waals surface area (Å²) >= 11 is 0. The molecular formula is C50H50N8O8S2. The standard InChI is InChI=1S/C50H50N8O8S2/c1-67(63,64)37-21-23-43(49(31-37)57(59)60)53-51-33-35-19-25-47-41(29-35)39-15-9-11-17-45(39)55(47)27-13-7-5-3-4-6-8-14-28-56-46-18-12-10-16-40(46)42-30-36(20-26-48(42)56)34-52-54-44-24-22-38(68(2,65)66)32-50(44)58(61)62/h9-12,15-26,29-34,53-54H,3-8,13-14,27-28H2,1-2H3/b51-33+,52-34+. The van der Waals surface area contributed by atoms with Gasteiger partial charge >= 0.3 is 0 Å². The Morgan fingerprint density at radius 1 is 0.485 bits per heavy atom. The zero-order valence-electron chi connectivity index (χ0n) is 37.5. The van der Waals surface area contributed by atoms with E-state index in [4.69, 9.17) is 0 Å². The Morgan fingerprint density at radius 3 is 1.24 bits per heavy atom. The second-order valence-corrected chi connectivity index (χ2v) is 20.9. The van der Waals surface area contributed by atoms with Crippen molar-refractivity contribution in [1.29, 1.82) is 0 Å². The summed E-state index contributed by atoms with van der Waals surface area (Å²) in [6, 6.07) is 36.2. The number of nitro benzene ring substituents is 2. The quantitative estimate of drug-likeness (QED) is 0.0301. The van der Waals surface area contributed by atoms with Gasteiger partial charge in [0.2, 0.25) is 0 Å². The summed E-state index contributed by atoms with van der Waals surface area (Å²) in [4.78, 5) is 21.8. The predicted octanol–water partition coefficient (Wildman–Crippen LogP) is 11.2. The van der Waals surface area contributed by atoms with E-state index in [1.807, 2.05) is 36.4 Å². The maximum Gasteiger partial charge on any atom is 0.295 e. The lowest BCUT2D eigenvalue weighted by atomic mass is 10.1. The molecular weight excluding hydrogens is 905 g/mol. The van der Waals surface area contributed by atoms with Crippen molar-refractivity contribution < 1.29 is 26.7 Å². The van der Waals surface area contributed by atoms with Gasteiger partial charge in [-0.05, 0) is 84.6 Å². The highest BCUT2D eigenvalue weighted by molar-refractivity contribution is 7.91. The number of aryl methyl sites for hydroxylation is 2. The van der Waals surface area contributed by atoms with Crippen molar-refractivity contribution in [3.8, 4) is 0 Å². The van der Waals surface area contributed by atoms with E-state index in [1.165, 1.54) is 49.9 Å². The molecule has 0 radical (unpaired) electrons. The first-order chi connectivity index (χ1) is 32.7. The fourth-order valence-corrected chi connectivity index (χ4v) is 10.00. The Hall–Kier alpha value is -7.44. The van der Waals surface area contributed by atoms with Gasteiger partial charge in [-0.25, -0.2) is 16.8 Å². The van der Waals surface area contributed by atoms with Gasteiger partial charge in [-0.3, -0.25) is 31.1 Å². The SMILES string of the molecule is CS(=O)(=O)c1ccc(N/N=C/c2ccc3c(c2)c2ccccc2n3CCCCCCCCCCn2c3ccccc3c3cc(/C=N/Nc4ccc(S(C)(=O)=O)cc4[N+](=O)[O-])ccc32)c([N+](=O)[O-])c1. The summed E-state index contributed by atoms with van der Waals surface area (Å²) in [6.07, 6.45) is 14.3. The van der Waals surface area contributed by atoms with Gasteiger partial charge in [0.15, 0.2) is 19.7 Å². The zero-order chi connectivity index (χ0) is 48.0. The van der Waals surface area contributed by atoms with Crippen LogP contribution in [0.15, 0.2) is 141 Å². The topological polar surface area (TPSA) is 213 Å². The monoisotopic (exact) mass is 954 g/mol. The summed E-state index contributed by atoms with van der Waals surface area (Å²) < 4.78 is 52.4. The Morgan fingerprint density at radius 2 is 0.853 bits per heavy atom. The minimum absolute atomic E-state index is 0.0878. The van der Waals surface area contributed by atoms with E-state index in [2.05, 4.69) is 78.7 Å². The lowest BCUT2D eigenvalue weighted by Gasteiger charge is -2.09. The van der Waals surface area contributed by atoms with Crippen LogP contribution in [0.5, 0.6) is 0 Å². The predicted molar refractivity (Wildman–Crippen MR) is 271 cm³/mol. The summed E-state index contributed by atoms with van der Waals surface area (Å²) in [5.41, 5.74) is 11.0. The van der Waals surface area contributed by atoms with Crippen molar-refractivity contribution in [3.63, 3.8) is 0 Å². The molecule has 8 aromatic rings. The van der Waals surface area contributed by atoms with E-state index < -0.39 is 29.5 Å². The lowest BCUT2D eigenvalue weighted by molar-refractivity contribution is -0.384. The number of hydrazone groups is 2. The van der Waals surface area contributed by atoms with Gasteiger partial charge in [0, 0.05) is 81.3 Å². The van der Waals surface area contributed by atoms with Crippen LogP contribution >= 0.6 is 0 Å². The van der Waals surface area contributed by atoms with Crippen LogP contribution in [-0.2, 0) is 32.8 Å². The van der Waals surface area contributed by atoms with Crippen LogP contribution in [0.4, 0.5) is 22.7 Å². The minimum Gasteiger partial charge on any atom is -0.340 e. The molecule has 2 N–H and O–H groups in total. The van der Waals surface area contributed by atoms with Gasteiger partial charge in [-0.15, -0.1) is 0 Å². The van der Waals surface area contributed by atoms with Crippen LogP contribution < -0.4 is 10.9 Å². The number of hydrogen-bond acceptors (Lipinski definition) is 12. The van der Waals surface area contributed by atoms with Gasteiger partial charge in [-0.1, -0.05) is 87.1 Å². The number of anilines is 2. The molecule has 0 saturated heterocycles. The molecule has 0 bridgehead atoms. The third-order valence-electron chi connectivity index (χ3n) is 12.1. The number of nitrogens with one attached hydrogen (secondary N) is 2. The zero-order valence-corrected chi connectivity index (χ0v) is 39.2. The van der Waals surface area contributed by atoms with E-state index in [0.717, 1.165) is 118 Å². The Kier molecular flexibility index (Phi) is 14.0. The molecule has 68 heavy (non-hydrogen) atoms. The fourth-order valence-electron chi connectivity index (χ4n) is 8.71. The first-order valence-corrected chi connectivity index (χ1v) is 26.0. The molecule has 0 spiro atoms. The molecule has 0 aliphatic rings. The molecule has 0 atom stereocenters. The molecule has 0 amide bonds. The summed E-state index contributed by atoms with van der Waals surface area (Å²) in [6.45, 7) is 1.79. The molecule has 2 aromatic heterocycles. The third-order valence-corrected chi connectivity index (χ3v) is 14.3. The number of nitro groups is 2. The van der Waals surface area contributed by atoms with E-state index in [0.29, 0.717) is 0 Å². The number of fused-ring (bicyclic) bond motifs is 6. The molecule has 2 heterocycles. The van der Waals surface area contributed by atoms with Crippen molar-refractivity contribution in [1.82, 2.24) is 9.13 Å². The third kappa shape index (κ3) is 10.6. The van der Waals surface area contributed by atoms with Gasteiger partial charge in [0.25, 0.3) is 11.4 Å². The molecule has 16 nitrogen and oxygen atoms in total. The van der Waals surface area contributed by atoms with Gasteiger partial charge in [0.1, 0.15) is 11.4 Å². The average Bonchev–Trinajstić information content (AvgIpc) is 3.80. The number of aromatic nitrogens is 2. The highest BCUT2D eigenvalue weighted by Crippen LogP contribution is 2.33. The Bertz CT molecular complexity index is 3280. The normalized spacial score (nSPS) is 12.3. The highest BCUT2D eigenvalue weighted by Gasteiger charge is 2.20. The number of para-hydroxylation sites is 2. The molecule has 8 rings (SSSR count). The number of hydrogen-bond donors (Lipinski definition) is 2. The molecule has 350 valence electrons. The van der Waals surface area contributed by atoms with Gasteiger partial charge in [0.05, 0.1) is 32.1 Å². The number of unbranched alkanes of at least 4 members (excludes halogenated alkanes) is 7. The summed E-state index contributed by atoms with van der Waals surface area (Å²) in [5.74, 6) is 0. The maximum absolute atomic E-state index is 11.9. The number of nitrogens with zero attached hydrogens (tertiary/aromatic N) is 6. The van der Waals surface area contributed by atoms with Crippen molar-refractivity contribution in [2.24, 2.45) is 10.2 Å². The van der Waals surface area contributed by atoms with Gasteiger partial charge in [-0.2, -0.15) is 10.2 Å². The molecule has 0 unspecified atom stereocenters. The molecule has 18 heteroatoms. The number of benzene rings is 6. The van der Waals surface area contributed by atoms with Gasteiger partial charge < -0.3 is 9.13 Å². The Balaban J connectivity index is 0.813. The number of rotatable bonds is 21. The fraction of sp³-hybridized carbons (Fsp3) is 0.240. The smallest absolute Gasteiger partial charge is 0.295 e. The van der Waals surface area contributed by atoms with E-state index in [1.54, 1.807) is 12.4 Å². The van der Waals surface area contributed by atoms with Crippen LogP contribution in [0.2, 0.25) is 0 Å². The average molecular weight is 955 g/mol. The second-order valence-electron chi connectivity index (χ2n) is 16.9. The summed E-state index contributed by atoms with van der Waals surface area (Å²) in [7, 11) is -7.22. The molecule has 0 saturated carbocycles. The maximum atomic E-state index is 11.9. The second kappa shape index (κ2) is 20.2. The van der Waals surface area contributed by atoms with Crippen LogP contribution in [0.1, 0.15) is 62.5 Å². The molecule has 0 fully saturated rings. The highest BCUT2D eigenvalue weighted by atomic mass is 32.2. The molecule has 6 aromatic carbocycles. The Labute approximate surface area is 393 Å². The molecule has 0 aliphatic carbocycles. The lowest BCUT2D eigenvalue weighted by Crippen LogP contribution is -2.02. The van der Waals surface area contributed by atoms with E-state index in [-0.39, 0.29) is 32.5 Å². The number of sulfone groups is 2. The van der Waals surface area contributed by atoms with Crippen LogP contribution in [-0.4, -0.2) is 60.8 Å².